The van der Waals surface area contributed by atoms with Gasteiger partial charge in [-0.15, -0.1) is 0 Å². The van der Waals surface area contributed by atoms with E-state index in [0.29, 0.717) is 6.61 Å². The fraction of sp³-hybridized carbons (Fsp3) is 0.0714. The van der Waals surface area contributed by atoms with Gasteiger partial charge in [0.25, 0.3) is 6.61 Å². The van der Waals surface area contributed by atoms with E-state index in [-0.39, 0.29) is 5.75 Å². The third-order valence-electron chi connectivity index (χ3n) is 2.21. The lowest BCUT2D eigenvalue weighted by molar-refractivity contribution is -0.282. The Labute approximate surface area is 94.5 Å². The standard InChI is InChI=1S/C14H12O2/c15-14-8-6-13(7-9-14)11-16-10-12-4-2-1-3-5-12/h1-10H,11H2/p+1. The van der Waals surface area contributed by atoms with Crippen molar-refractivity contribution in [3.8, 4) is 5.75 Å². The fourth-order valence-corrected chi connectivity index (χ4v) is 1.36. The molecule has 0 aliphatic carbocycles. The van der Waals surface area contributed by atoms with E-state index in [1.807, 2.05) is 42.5 Å². The topological polar surface area (TPSA) is 31.5 Å². The normalized spacial score (nSPS) is 10.8. The van der Waals surface area contributed by atoms with Crippen molar-refractivity contribution in [1.29, 1.82) is 0 Å². The van der Waals surface area contributed by atoms with Gasteiger partial charge >= 0.3 is 6.29 Å². The van der Waals surface area contributed by atoms with E-state index in [0.717, 1.165) is 11.1 Å². The molecule has 0 amide bonds. The van der Waals surface area contributed by atoms with Crippen LogP contribution in [-0.2, 0) is 6.61 Å². The Hall–Kier alpha value is -2.09. The zero-order valence-electron chi connectivity index (χ0n) is 8.84. The Morgan fingerprint density at radius 2 is 1.62 bits per heavy atom. The second-order valence-electron chi connectivity index (χ2n) is 3.51. The highest BCUT2D eigenvalue weighted by molar-refractivity contribution is 5.74. The molecule has 2 nitrogen and oxygen atoms in total. The molecule has 1 N–H and O–H groups in total. The summed E-state index contributed by atoms with van der Waals surface area (Å²) in [6.07, 6.45) is 1.73. The van der Waals surface area contributed by atoms with Crippen molar-refractivity contribution >= 4 is 6.29 Å². The van der Waals surface area contributed by atoms with Gasteiger partial charge in [-0.05, 0) is 36.4 Å². The van der Waals surface area contributed by atoms with Gasteiger partial charge in [-0.3, -0.25) is 4.42 Å². The van der Waals surface area contributed by atoms with Crippen LogP contribution in [0.3, 0.4) is 0 Å². The maximum atomic E-state index is 9.11. The summed E-state index contributed by atoms with van der Waals surface area (Å²) >= 11 is 0. The van der Waals surface area contributed by atoms with Crippen LogP contribution >= 0.6 is 0 Å². The Kier molecular flexibility index (Phi) is 3.34. The van der Waals surface area contributed by atoms with E-state index in [9.17, 15) is 0 Å². The van der Waals surface area contributed by atoms with Gasteiger partial charge in [0.05, 0.1) is 5.56 Å². The van der Waals surface area contributed by atoms with Gasteiger partial charge < -0.3 is 5.11 Å². The first-order valence-corrected chi connectivity index (χ1v) is 5.12. The molecule has 80 valence electrons. The number of phenolic OH excluding ortho intramolecular Hbond substituents is 1. The largest absolute Gasteiger partial charge is 0.508 e. The predicted molar refractivity (Wildman–Crippen MR) is 63.6 cm³/mol. The molecule has 0 bridgehead atoms. The average molecular weight is 213 g/mol. The molecule has 0 aliphatic heterocycles. The van der Waals surface area contributed by atoms with Gasteiger partial charge in [0.2, 0.25) is 0 Å². The lowest BCUT2D eigenvalue weighted by Crippen LogP contribution is -1.84. The molecule has 2 aromatic carbocycles. The van der Waals surface area contributed by atoms with E-state index in [2.05, 4.69) is 0 Å². The molecule has 0 saturated heterocycles. The van der Waals surface area contributed by atoms with Crippen LogP contribution in [0.2, 0.25) is 0 Å². The number of phenols is 1. The van der Waals surface area contributed by atoms with Gasteiger partial charge in [0.1, 0.15) is 5.75 Å². The highest BCUT2D eigenvalue weighted by Crippen LogP contribution is 2.10. The highest BCUT2D eigenvalue weighted by Gasteiger charge is 1.98. The van der Waals surface area contributed by atoms with Crippen molar-refractivity contribution in [3.05, 3.63) is 65.7 Å². The summed E-state index contributed by atoms with van der Waals surface area (Å²) in [5, 5.41) is 9.11. The summed E-state index contributed by atoms with van der Waals surface area (Å²) in [5.41, 5.74) is 2.08. The van der Waals surface area contributed by atoms with Crippen LogP contribution in [0.15, 0.2) is 54.6 Å². The molecule has 0 fully saturated rings. The van der Waals surface area contributed by atoms with Crippen LogP contribution in [0.25, 0.3) is 0 Å². The van der Waals surface area contributed by atoms with Crippen molar-refractivity contribution in [2.45, 2.75) is 6.61 Å². The number of rotatable bonds is 3. The molecular formula is C14H13O2+. The van der Waals surface area contributed by atoms with E-state index in [1.165, 1.54) is 0 Å². The zero-order valence-corrected chi connectivity index (χ0v) is 8.84. The van der Waals surface area contributed by atoms with Crippen molar-refractivity contribution < 1.29 is 9.53 Å². The van der Waals surface area contributed by atoms with Crippen LogP contribution in [-0.4, -0.2) is 11.4 Å². The highest BCUT2D eigenvalue weighted by atomic mass is 16.4. The number of aromatic hydroxyl groups is 1. The van der Waals surface area contributed by atoms with Gasteiger partial charge in [-0.2, -0.15) is 0 Å². The van der Waals surface area contributed by atoms with Gasteiger partial charge in [-0.1, -0.05) is 18.2 Å². The first kappa shape index (κ1) is 10.4. The van der Waals surface area contributed by atoms with Crippen molar-refractivity contribution in [1.82, 2.24) is 0 Å². The van der Waals surface area contributed by atoms with Gasteiger partial charge in [0, 0.05) is 5.56 Å². The minimum Gasteiger partial charge on any atom is -0.508 e. The molecule has 0 aliphatic rings. The van der Waals surface area contributed by atoms with Gasteiger partial charge in [-0.25, -0.2) is 0 Å². The SMILES string of the molecule is Oc1ccc(C[O+]=Cc2ccccc2)cc1. The Morgan fingerprint density at radius 3 is 2.31 bits per heavy atom. The number of hydrogen-bond acceptors (Lipinski definition) is 1. The molecule has 0 radical (unpaired) electrons. The lowest BCUT2D eigenvalue weighted by Gasteiger charge is -1.91. The molecule has 2 rings (SSSR count). The van der Waals surface area contributed by atoms with E-state index >= 15 is 0 Å². The second kappa shape index (κ2) is 5.12. The summed E-state index contributed by atoms with van der Waals surface area (Å²) in [7, 11) is 0. The van der Waals surface area contributed by atoms with Crippen LogP contribution < -0.4 is 0 Å². The maximum Gasteiger partial charge on any atom is 0.316 e. The molecule has 0 saturated carbocycles. The lowest BCUT2D eigenvalue weighted by atomic mass is 10.2. The fourth-order valence-electron chi connectivity index (χ4n) is 1.36. The summed E-state index contributed by atoms with van der Waals surface area (Å²) in [5.74, 6) is 0.274. The Morgan fingerprint density at radius 1 is 0.938 bits per heavy atom. The summed E-state index contributed by atoms with van der Waals surface area (Å²) < 4.78 is 5.44. The smallest absolute Gasteiger partial charge is 0.316 e. The molecule has 16 heavy (non-hydrogen) atoms. The Balaban J connectivity index is 1.97. The average Bonchev–Trinajstić information content (AvgIpc) is 2.33. The molecule has 2 aromatic rings. The molecule has 0 unspecified atom stereocenters. The zero-order chi connectivity index (χ0) is 11.2. The van der Waals surface area contributed by atoms with E-state index in [1.54, 1.807) is 18.4 Å². The van der Waals surface area contributed by atoms with Crippen LogP contribution in [0.4, 0.5) is 0 Å². The number of aldehydes is 1. The monoisotopic (exact) mass is 213 g/mol. The predicted octanol–water partition coefficient (Wildman–Crippen LogP) is 2.94. The van der Waals surface area contributed by atoms with E-state index < -0.39 is 0 Å². The first-order chi connectivity index (χ1) is 7.84. The third kappa shape index (κ3) is 2.95. The third-order valence-corrected chi connectivity index (χ3v) is 2.21. The van der Waals surface area contributed by atoms with E-state index in [4.69, 9.17) is 9.53 Å². The summed E-state index contributed by atoms with van der Waals surface area (Å²) in [6.45, 7) is 0.509. The number of carbonyl (C=O) groups excluding carboxylic acids is 1. The Bertz CT molecular complexity index is 458. The minimum absolute atomic E-state index is 0.274. The minimum atomic E-state index is 0.274. The molecule has 0 heterocycles. The van der Waals surface area contributed by atoms with Gasteiger partial charge in [0.15, 0.2) is 0 Å². The number of hydrogen-bond donors (Lipinski definition) is 1. The first-order valence-electron chi connectivity index (χ1n) is 5.12. The molecule has 0 spiro atoms. The van der Waals surface area contributed by atoms with Crippen LogP contribution in [0.1, 0.15) is 15.6 Å². The summed E-state index contributed by atoms with van der Waals surface area (Å²) in [4.78, 5) is 0. The van der Waals surface area contributed by atoms with Crippen molar-refractivity contribution in [2.75, 3.05) is 0 Å². The quantitative estimate of drug-likeness (QED) is 0.617. The molecular weight excluding hydrogens is 200 g/mol. The number of benzene rings is 2. The van der Waals surface area contributed by atoms with Crippen LogP contribution in [0, 0.1) is 0 Å². The summed E-state index contributed by atoms with van der Waals surface area (Å²) in [6, 6.07) is 16.9. The molecule has 2 heteroatoms. The molecule has 0 aromatic heterocycles. The van der Waals surface area contributed by atoms with Crippen molar-refractivity contribution in [3.63, 3.8) is 0 Å². The van der Waals surface area contributed by atoms with Crippen molar-refractivity contribution in [2.24, 2.45) is 0 Å². The molecule has 0 atom stereocenters. The second-order valence-corrected chi connectivity index (χ2v) is 3.51. The maximum absolute atomic E-state index is 9.11. The van der Waals surface area contributed by atoms with Crippen LogP contribution in [0.5, 0.6) is 5.75 Å².